The van der Waals surface area contributed by atoms with Crippen molar-refractivity contribution >= 4 is 35.0 Å². The van der Waals surface area contributed by atoms with Crippen LogP contribution >= 0.6 is 23.2 Å². The van der Waals surface area contributed by atoms with Crippen molar-refractivity contribution in [2.45, 2.75) is 45.3 Å². The van der Waals surface area contributed by atoms with Crippen LogP contribution in [0.25, 0.3) is 33.6 Å². The molecule has 1 spiro atoms. The number of ether oxygens (including phenoxy) is 2. The summed E-state index contributed by atoms with van der Waals surface area (Å²) in [6, 6.07) is 18.0. The Bertz CT molecular complexity index is 1960. The molecule has 0 saturated carbocycles. The second-order valence-electron chi connectivity index (χ2n) is 13.7. The molecule has 2 amide bonds. The van der Waals surface area contributed by atoms with Gasteiger partial charge in [-0.15, -0.1) is 0 Å². The summed E-state index contributed by atoms with van der Waals surface area (Å²) in [6.45, 7) is 6.71. The van der Waals surface area contributed by atoms with Gasteiger partial charge in [0, 0.05) is 98.4 Å². The van der Waals surface area contributed by atoms with Crippen LogP contribution in [-0.4, -0.2) is 84.6 Å². The molecular formula is C39H42Cl2N6O4. The number of halogens is 2. The number of pyridine rings is 2. The van der Waals surface area contributed by atoms with Gasteiger partial charge in [0.1, 0.15) is 5.75 Å². The van der Waals surface area contributed by atoms with E-state index in [1.54, 1.807) is 27.3 Å². The van der Waals surface area contributed by atoms with Crippen LogP contribution in [0, 0.1) is 5.41 Å². The van der Waals surface area contributed by atoms with Gasteiger partial charge >= 0.3 is 0 Å². The molecule has 0 atom stereocenters. The molecule has 0 bridgehead atoms. The molecule has 0 unspecified atom stereocenters. The molecule has 266 valence electrons. The zero-order chi connectivity index (χ0) is 35.7. The molecular weight excluding hydrogens is 687 g/mol. The highest BCUT2D eigenvalue weighted by Crippen LogP contribution is 2.43. The number of carbonyl (C=O) groups excluding carboxylic acids is 2. The van der Waals surface area contributed by atoms with Gasteiger partial charge in [-0.25, -0.2) is 4.98 Å². The van der Waals surface area contributed by atoms with Gasteiger partial charge in [0.25, 0.3) is 0 Å². The first kappa shape index (κ1) is 35.2. The molecule has 3 aliphatic heterocycles. The van der Waals surface area contributed by atoms with Crippen molar-refractivity contribution in [1.82, 2.24) is 30.4 Å². The van der Waals surface area contributed by atoms with Gasteiger partial charge in [-0.2, -0.15) is 0 Å². The maximum absolute atomic E-state index is 12.3. The van der Waals surface area contributed by atoms with Crippen LogP contribution in [0.2, 0.25) is 10.0 Å². The van der Waals surface area contributed by atoms with E-state index in [1.807, 2.05) is 59.5 Å². The number of rotatable bonds is 10. The average Bonchev–Trinajstić information content (AvgIpc) is 3.52. The highest BCUT2D eigenvalue weighted by atomic mass is 35.5. The van der Waals surface area contributed by atoms with E-state index in [2.05, 4.69) is 20.5 Å². The third kappa shape index (κ3) is 7.02. The minimum absolute atomic E-state index is 0.133. The Morgan fingerprint density at radius 3 is 2.43 bits per heavy atom. The number of likely N-dealkylation sites (tertiary alicyclic amines) is 2. The summed E-state index contributed by atoms with van der Waals surface area (Å²) < 4.78 is 11.5. The number of nitrogens with one attached hydrogen (secondary N) is 2. The predicted molar refractivity (Wildman–Crippen MR) is 199 cm³/mol. The van der Waals surface area contributed by atoms with Crippen molar-refractivity contribution in [2.24, 2.45) is 5.41 Å². The molecule has 7 rings (SSSR count). The first-order valence-electron chi connectivity index (χ1n) is 17.3. The average molecular weight is 730 g/mol. The molecule has 0 radical (unpaired) electrons. The molecule has 2 aromatic carbocycles. The number of methoxy groups -OCH3 is 2. The summed E-state index contributed by atoms with van der Waals surface area (Å²) in [4.78, 5) is 37.6. The van der Waals surface area contributed by atoms with Gasteiger partial charge in [-0.1, -0.05) is 59.6 Å². The summed E-state index contributed by atoms with van der Waals surface area (Å²) >= 11 is 14.2. The zero-order valence-electron chi connectivity index (χ0n) is 29.1. The first-order chi connectivity index (χ1) is 24.7. The molecule has 2 aromatic heterocycles. The third-order valence-electron chi connectivity index (χ3n) is 10.5. The molecule has 5 heterocycles. The highest BCUT2D eigenvalue weighted by Gasteiger charge is 2.51. The quantitative estimate of drug-likeness (QED) is 0.198. The Labute approximate surface area is 308 Å². The van der Waals surface area contributed by atoms with Crippen LogP contribution < -0.4 is 20.1 Å². The van der Waals surface area contributed by atoms with Crippen LogP contribution in [0.3, 0.4) is 0 Å². The molecule has 3 saturated heterocycles. The molecule has 4 aromatic rings. The topological polar surface area (TPSA) is 109 Å². The van der Waals surface area contributed by atoms with Crippen molar-refractivity contribution in [2.75, 3.05) is 46.9 Å². The number of benzene rings is 2. The van der Waals surface area contributed by atoms with Crippen molar-refractivity contribution in [3.05, 3.63) is 82.0 Å². The molecule has 0 aliphatic carbocycles. The van der Waals surface area contributed by atoms with Gasteiger partial charge in [0.15, 0.2) is 0 Å². The van der Waals surface area contributed by atoms with Gasteiger partial charge in [-0.05, 0) is 37.5 Å². The lowest BCUT2D eigenvalue weighted by atomic mass is 9.78. The lowest BCUT2D eigenvalue weighted by molar-refractivity contribution is -0.137. The highest BCUT2D eigenvalue weighted by molar-refractivity contribution is 6.39. The summed E-state index contributed by atoms with van der Waals surface area (Å²) in [5.74, 6) is 1.57. The number of hydrogen-bond donors (Lipinski definition) is 2. The van der Waals surface area contributed by atoms with E-state index >= 15 is 0 Å². The fraction of sp³-hybridized carbons (Fsp3) is 0.385. The minimum Gasteiger partial charge on any atom is -0.496 e. The van der Waals surface area contributed by atoms with Crippen LogP contribution in [0.4, 0.5) is 0 Å². The van der Waals surface area contributed by atoms with Crippen LogP contribution in [0.1, 0.15) is 37.3 Å². The lowest BCUT2D eigenvalue weighted by Gasteiger charge is -2.46. The largest absolute Gasteiger partial charge is 0.496 e. The Hall–Kier alpha value is -4.22. The van der Waals surface area contributed by atoms with E-state index < -0.39 is 0 Å². The van der Waals surface area contributed by atoms with E-state index in [-0.39, 0.29) is 17.2 Å². The Balaban J connectivity index is 1.09. The number of piperidine rings is 1. The predicted octanol–water partition coefficient (Wildman–Crippen LogP) is 6.22. The van der Waals surface area contributed by atoms with E-state index in [9.17, 15) is 9.59 Å². The Kier molecular flexibility index (Phi) is 10.2. The monoisotopic (exact) mass is 728 g/mol. The van der Waals surface area contributed by atoms with Crippen LogP contribution in [0.5, 0.6) is 11.6 Å². The zero-order valence-corrected chi connectivity index (χ0v) is 30.6. The van der Waals surface area contributed by atoms with E-state index in [0.29, 0.717) is 46.4 Å². The number of aromatic nitrogens is 2. The van der Waals surface area contributed by atoms with E-state index in [0.717, 1.165) is 91.1 Å². The van der Waals surface area contributed by atoms with E-state index in [1.165, 1.54) is 0 Å². The van der Waals surface area contributed by atoms with Gasteiger partial charge in [0.05, 0.1) is 41.1 Å². The Morgan fingerprint density at radius 2 is 1.73 bits per heavy atom. The van der Waals surface area contributed by atoms with Crippen molar-refractivity contribution in [1.29, 1.82) is 0 Å². The first-order valence-corrected chi connectivity index (χ1v) is 18.1. The second-order valence-corrected chi connectivity index (χ2v) is 14.4. The summed E-state index contributed by atoms with van der Waals surface area (Å²) in [5, 5.41) is 7.59. The van der Waals surface area contributed by atoms with E-state index in [4.69, 9.17) is 37.7 Å². The molecule has 3 fully saturated rings. The summed E-state index contributed by atoms with van der Waals surface area (Å²) in [5.41, 5.74) is 6.14. The SMILES string of the molecule is COc1cc(-c2nccc(-c3cccc(-c4ccc(CN5CC6(CCNC6=O)C5)c(OC)n4)c3Cl)c2Cl)ccc1CNC1CCN(C(C)=O)CC1. The fourth-order valence-corrected chi connectivity index (χ4v) is 8.23. The molecule has 51 heavy (non-hydrogen) atoms. The fourth-order valence-electron chi connectivity index (χ4n) is 7.58. The maximum atomic E-state index is 12.3. The normalized spacial score (nSPS) is 17.4. The third-order valence-corrected chi connectivity index (χ3v) is 11.3. The van der Waals surface area contributed by atoms with Crippen LogP contribution in [-0.2, 0) is 22.7 Å². The summed E-state index contributed by atoms with van der Waals surface area (Å²) in [7, 11) is 3.28. The van der Waals surface area contributed by atoms with Gasteiger partial charge < -0.3 is 25.0 Å². The van der Waals surface area contributed by atoms with Crippen molar-refractivity contribution in [3.63, 3.8) is 0 Å². The molecule has 2 N–H and O–H groups in total. The Morgan fingerprint density at radius 1 is 0.980 bits per heavy atom. The molecule has 3 aliphatic rings. The minimum atomic E-state index is -0.243. The summed E-state index contributed by atoms with van der Waals surface area (Å²) in [6.07, 6.45) is 4.47. The second kappa shape index (κ2) is 14.8. The standard InChI is InChI=1S/C39H42Cl2N6O4/c1-24(48)47-17-12-28(13-18-47)44-20-26-8-7-25(19-33(26)50-2)36-35(41)30(11-15-42-36)29-5-4-6-31(34(29)40)32-10-9-27(37(45-32)51-3)21-46-22-39(23-46)14-16-43-38(39)49/h4-11,15,19,28,44H,12-14,16-18,20-23H2,1-3H3,(H,43,49). The maximum Gasteiger partial charge on any atom is 0.228 e. The van der Waals surface area contributed by atoms with Crippen molar-refractivity contribution < 1.29 is 19.1 Å². The smallest absolute Gasteiger partial charge is 0.228 e. The molecule has 10 nitrogen and oxygen atoms in total. The van der Waals surface area contributed by atoms with Gasteiger partial charge in [0.2, 0.25) is 17.7 Å². The van der Waals surface area contributed by atoms with Crippen LogP contribution in [0.15, 0.2) is 60.8 Å². The molecule has 12 heteroatoms. The number of amides is 2. The number of hydrogen-bond acceptors (Lipinski definition) is 8. The lowest BCUT2D eigenvalue weighted by Crippen LogP contribution is -2.59. The number of nitrogens with zero attached hydrogens (tertiary/aromatic N) is 4. The van der Waals surface area contributed by atoms with Crippen molar-refractivity contribution in [3.8, 4) is 45.3 Å². The number of carbonyl (C=O) groups is 2. The van der Waals surface area contributed by atoms with Gasteiger partial charge in [-0.3, -0.25) is 19.5 Å².